The molecule has 37 heavy (non-hydrogen) atoms. The molecule has 1 saturated heterocycles. The number of hydrogen-bond acceptors (Lipinski definition) is 7. The zero-order chi connectivity index (χ0) is 26.8. The Hall–Kier alpha value is -4.26. The molecular formula is C24H30N6O7. The monoisotopic (exact) mass is 514 g/mol. The normalized spacial score (nSPS) is 17.2. The zero-order valence-electron chi connectivity index (χ0n) is 20.0. The van der Waals surface area contributed by atoms with Gasteiger partial charge >= 0.3 is 11.9 Å². The van der Waals surface area contributed by atoms with Crippen LogP contribution in [0.3, 0.4) is 0 Å². The minimum absolute atomic E-state index is 0.00667. The van der Waals surface area contributed by atoms with Crippen LogP contribution in [0.25, 0.3) is 0 Å². The van der Waals surface area contributed by atoms with Crippen LogP contribution in [0.15, 0.2) is 42.9 Å². The number of carbonyl (C=O) groups is 5. The predicted molar refractivity (Wildman–Crippen MR) is 129 cm³/mol. The number of carboxylic acid groups (broad SMARTS) is 2. The lowest BCUT2D eigenvalue weighted by Gasteiger charge is -2.24. The van der Waals surface area contributed by atoms with Gasteiger partial charge in [-0.1, -0.05) is 30.3 Å². The highest BCUT2D eigenvalue weighted by Gasteiger charge is 2.32. The molecule has 0 saturated carbocycles. The maximum atomic E-state index is 13.2. The van der Waals surface area contributed by atoms with Crippen molar-refractivity contribution in [1.29, 1.82) is 0 Å². The number of rotatable bonds is 13. The molecule has 1 aliphatic rings. The van der Waals surface area contributed by atoms with Crippen LogP contribution in [0.4, 0.5) is 0 Å². The molecule has 0 radical (unpaired) electrons. The van der Waals surface area contributed by atoms with E-state index < -0.39 is 60.2 Å². The number of imidazole rings is 1. The summed E-state index contributed by atoms with van der Waals surface area (Å²) in [5.74, 6) is -4.75. The minimum atomic E-state index is -1.43. The van der Waals surface area contributed by atoms with Crippen LogP contribution in [0.2, 0.25) is 0 Å². The second-order valence-corrected chi connectivity index (χ2v) is 8.74. The number of aliphatic carboxylic acids is 2. The SMILES string of the molecule is O=C(O)CC(NC(=O)C1CCCN1)C(=O)NC(Cc1ccccc1)C(=O)NC(Cc1cnc[nH]1)C(=O)O. The number of nitrogens with zero attached hydrogens (tertiary/aromatic N) is 1. The van der Waals surface area contributed by atoms with Gasteiger partial charge in [-0.15, -0.1) is 0 Å². The molecule has 4 atom stereocenters. The summed E-state index contributed by atoms with van der Waals surface area (Å²) in [6, 6.07) is 4.20. The highest BCUT2D eigenvalue weighted by Crippen LogP contribution is 2.08. The Morgan fingerprint density at radius 1 is 0.946 bits per heavy atom. The van der Waals surface area contributed by atoms with Crippen LogP contribution < -0.4 is 21.3 Å². The zero-order valence-corrected chi connectivity index (χ0v) is 20.0. The third-order valence-electron chi connectivity index (χ3n) is 5.90. The second-order valence-electron chi connectivity index (χ2n) is 8.74. The quantitative estimate of drug-likeness (QED) is 0.174. The Labute approximate surface area is 212 Å². The van der Waals surface area contributed by atoms with Gasteiger partial charge in [0.1, 0.15) is 18.1 Å². The van der Waals surface area contributed by atoms with E-state index in [9.17, 15) is 34.2 Å². The third kappa shape index (κ3) is 8.42. The molecule has 1 aromatic carbocycles. The topological polar surface area (TPSA) is 203 Å². The van der Waals surface area contributed by atoms with Gasteiger partial charge in [0.25, 0.3) is 0 Å². The van der Waals surface area contributed by atoms with Crippen LogP contribution in [-0.4, -0.2) is 80.6 Å². The molecule has 7 N–H and O–H groups in total. The standard InChI is InChI=1S/C24H30N6O7/c31-20(32)11-18(29-21(33)16-7-4-8-26-16)23(35)28-17(9-14-5-2-1-3-6-14)22(34)30-19(24(36)37)10-15-12-25-13-27-15/h1-3,5-6,12-13,16-19,26H,4,7-11H2,(H,25,27)(H,28,35)(H,29,33)(H,30,34)(H,31,32)(H,36,37). The van der Waals surface area contributed by atoms with E-state index in [0.717, 1.165) is 6.42 Å². The summed E-state index contributed by atoms with van der Waals surface area (Å²) in [5, 5.41) is 29.3. The van der Waals surface area contributed by atoms with Crippen molar-refractivity contribution in [2.75, 3.05) is 6.54 Å². The molecule has 13 nitrogen and oxygen atoms in total. The molecule has 13 heteroatoms. The van der Waals surface area contributed by atoms with E-state index in [2.05, 4.69) is 31.2 Å². The highest BCUT2D eigenvalue weighted by molar-refractivity contribution is 5.95. The van der Waals surface area contributed by atoms with E-state index in [-0.39, 0.29) is 12.8 Å². The highest BCUT2D eigenvalue weighted by atomic mass is 16.4. The lowest BCUT2D eigenvalue weighted by molar-refractivity contribution is -0.143. The van der Waals surface area contributed by atoms with Crippen molar-refractivity contribution in [2.45, 2.75) is 56.3 Å². The molecule has 1 aromatic heterocycles. The van der Waals surface area contributed by atoms with Crippen LogP contribution in [0, 0.1) is 0 Å². The number of benzene rings is 1. The second kappa shape index (κ2) is 13.2. The average Bonchev–Trinajstić information content (AvgIpc) is 3.57. The van der Waals surface area contributed by atoms with Crippen LogP contribution >= 0.6 is 0 Å². The smallest absolute Gasteiger partial charge is 0.326 e. The fourth-order valence-electron chi connectivity index (χ4n) is 3.98. The summed E-state index contributed by atoms with van der Waals surface area (Å²) in [6.07, 6.45) is 3.39. The van der Waals surface area contributed by atoms with Crippen molar-refractivity contribution in [3.63, 3.8) is 0 Å². The van der Waals surface area contributed by atoms with Crippen LogP contribution in [-0.2, 0) is 36.8 Å². The number of hydrogen-bond donors (Lipinski definition) is 7. The third-order valence-corrected chi connectivity index (χ3v) is 5.90. The largest absolute Gasteiger partial charge is 0.481 e. The van der Waals surface area contributed by atoms with Crippen molar-refractivity contribution in [3.05, 3.63) is 54.1 Å². The van der Waals surface area contributed by atoms with Gasteiger partial charge in [-0.3, -0.25) is 19.2 Å². The van der Waals surface area contributed by atoms with Gasteiger partial charge in [0.05, 0.1) is 18.8 Å². The molecule has 1 fully saturated rings. The van der Waals surface area contributed by atoms with Crippen molar-refractivity contribution in [3.8, 4) is 0 Å². The van der Waals surface area contributed by atoms with Gasteiger partial charge in [-0.25, -0.2) is 9.78 Å². The lowest BCUT2D eigenvalue weighted by atomic mass is 10.0. The molecule has 198 valence electrons. The van der Waals surface area contributed by atoms with Crippen molar-refractivity contribution >= 4 is 29.7 Å². The van der Waals surface area contributed by atoms with E-state index in [1.165, 1.54) is 12.5 Å². The summed E-state index contributed by atoms with van der Waals surface area (Å²) in [7, 11) is 0. The molecular weight excluding hydrogens is 484 g/mol. The van der Waals surface area contributed by atoms with Gasteiger partial charge in [0.15, 0.2) is 0 Å². The number of aromatic amines is 1. The van der Waals surface area contributed by atoms with Crippen molar-refractivity contribution < 1.29 is 34.2 Å². The number of carbonyl (C=O) groups excluding carboxylic acids is 3. The fourth-order valence-corrected chi connectivity index (χ4v) is 3.98. The number of nitrogens with one attached hydrogen (secondary N) is 5. The van der Waals surface area contributed by atoms with Gasteiger partial charge < -0.3 is 36.5 Å². The molecule has 0 aliphatic carbocycles. The maximum absolute atomic E-state index is 13.2. The first kappa shape index (κ1) is 27.3. The Bertz CT molecular complexity index is 1090. The average molecular weight is 515 g/mol. The number of H-pyrrole nitrogens is 1. The van der Waals surface area contributed by atoms with E-state index in [1.54, 1.807) is 30.3 Å². The first-order valence-electron chi connectivity index (χ1n) is 11.8. The molecule has 0 bridgehead atoms. The van der Waals surface area contributed by atoms with Crippen LogP contribution in [0.1, 0.15) is 30.5 Å². The van der Waals surface area contributed by atoms with Gasteiger partial charge in [0.2, 0.25) is 17.7 Å². The van der Waals surface area contributed by atoms with E-state index in [1.807, 2.05) is 0 Å². The maximum Gasteiger partial charge on any atom is 0.326 e. The molecule has 4 unspecified atom stereocenters. The Morgan fingerprint density at radius 3 is 2.24 bits per heavy atom. The summed E-state index contributed by atoms with van der Waals surface area (Å²) < 4.78 is 0. The molecule has 3 amide bonds. The first-order valence-corrected chi connectivity index (χ1v) is 11.8. The van der Waals surface area contributed by atoms with Gasteiger partial charge in [-0.2, -0.15) is 0 Å². The first-order chi connectivity index (χ1) is 17.7. The van der Waals surface area contributed by atoms with E-state index in [0.29, 0.717) is 24.2 Å². The van der Waals surface area contributed by atoms with Crippen molar-refractivity contribution in [1.82, 2.24) is 31.2 Å². The van der Waals surface area contributed by atoms with Gasteiger partial charge in [0, 0.05) is 24.7 Å². The fraction of sp³-hybridized carbons (Fsp3) is 0.417. The van der Waals surface area contributed by atoms with E-state index in [4.69, 9.17) is 0 Å². The lowest BCUT2D eigenvalue weighted by Crippen LogP contribution is -2.58. The molecule has 2 heterocycles. The Kier molecular flexibility index (Phi) is 9.72. The number of carboxylic acids is 2. The summed E-state index contributed by atoms with van der Waals surface area (Å²) >= 11 is 0. The van der Waals surface area contributed by atoms with Gasteiger partial charge in [-0.05, 0) is 24.9 Å². The summed E-state index contributed by atoms with van der Waals surface area (Å²) in [6.45, 7) is 0.635. The van der Waals surface area contributed by atoms with Crippen LogP contribution in [0.5, 0.6) is 0 Å². The number of amides is 3. The Balaban J connectivity index is 1.76. The molecule has 1 aliphatic heterocycles. The van der Waals surface area contributed by atoms with E-state index >= 15 is 0 Å². The summed E-state index contributed by atoms with van der Waals surface area (Å²) in [5.41, 5.74) is 1.17. The Morgan fingerprint density at radius 2 is 1.65 bits per heavy atom. The predicted octanol–water partition coefficient (Wildman–Crippen LogP) is -1.04. The minimum Gasteiger partial charge on any atom is -0.481 e. The summed E-state index contributed by atoms with van der Waals surface area (Å²) in [4.78, 5) is 68.6. The molecule has 3 rings (SSSR count). The number of aromatic nitrogens is 2. The molecule has 2 aromatic rings. The van der Waals surface area contributed by atoms with Crippen molar-refractivity contribution in [2.24, 2.45) is 0 Å². The molecule has 0 spiro atoms.